The van der Waals surface area contributed by atoms with Crippen LogP contribution in [0.15, 0.2) is 18.2 Å². The number of halogens is 1. The van der Waals surface area contributed by atoms with Crippen molar-refractivity contribution in [2.45, 2.75) is 19.4 Å². The maximum absolute atomic E-state index is 13.4. The lowest BCUT2D eigenvalue weighted by atomic mass is 10.0. The van der Waals surface area contributed by atoms with Crippen molar-refractivity contribution in [3.05, 3.63) is 35.1 Å². The van der Waals surface area contributed by atoms with E-state index >= 15 is 0 Å². The first-order chi connectivity index (χ1) is 6.15. The van der Waals surface area contributed by atoms with Gasteiger partial charge in [0.1, 0.15) is 11.9 Å². The van der Waals surface area contributed by atoms with Crippen molar-refractivity contribution in [1.82, 2.24) is 0 Å². The first-order valence-corrected chi connectivity index (χ1v) is 4.08. The number of hydrogen-bond acceptors (Lipinski definition) is 2. The van der Waals surface area contributed by atoms with Crippen molar-refractivity contribution < 1.29 is 4.39 Å². The minimum absolute atomic E-state index is 0.0816. The summed E-state index contributed by atoms with van der Waals surface area (Å²) in [7, 11) is 0. The summed E-state index contributed by atoms with van der Waals surface area (Å²) in [6.07, 6.45) is 0.460. The van der Waals surface area contributed by atoms with Crippen LogP contribution < -0.4 is 5.73 Å². The molecule has 1 rings (SSSR count). The average Bonchev–Trinajstić information content (AvgIpc) is 2.08. The lowest BCUT2D eigenvalue weighted by Gasteiger charge is -2.06. The Kier molecular flexibility index (Phi) is 2.99. The van der Waals surface area contributed by atoms with Crippen molar-refractivity contribution in [3.8, 4) is 6.07 Å². The van der Waals surface area contributed by atoms with E-state index in [-0.39, 0.29) is 11.6 Å². The van der Waals surface area contributed by atoms with Gasteiger partial charge in [-0.05, 0) is 25.0 Å². The maximum Gasteiger partial charge on any atom is 0.144 e. The molecule has 1 atom stereocenters. The summed E-state index contributed by atoms with van der Waals surface area (Å²) in [4.78, 5) is 0. The van der Waals surface area contributed by atoms with Gasteiger partial charge in [-0.1, -0.05) is 12.1 Å². The van der Waals surface area contributed by atoms with Crippen LogP contribution in [0.3, 0.4) is 0 Å². The van der Waals surface area contributed by atoms with Gasteiger partial charge in [0.15, 0.2) is 0 Å². The van der Waals surface area contributed by atoms with Gasteiger partial charge in [-0.2, -0.15) is 5.26 Å². The quantitative estimate of drug-likeness (QED) is 0.747. The van der Waals surface area contributed by atoms with Crippen molar-refractivity contribution >= 4 is 0 Å². The van der Waals surface area contributed by atoms with E-state index in [0.29, 0.717) is 12.0 Å². The van der Waals surface area contributed by atoms with Gasteiger partial charge < -0.3 is 5.73 Å². The molecule has 0 aliphatic rings. The van der Waals surface area contributed by atoms with Crippen molar-refractivity contribution in [3.63, 3.8) is 0 Å². The normalized spacial score (nSPS) is 12.2. The Morgan fingerprint density at radius 3 is 2.85 bits per heavy atom. The highest BCUT2D eigenvalue weighted by atomic mass is 19.1. The Balaban J connectivity index is 3.03. The van der Waals surface area contributed by atoms with Crippen molar-refractivity contribution in [2.24, 2.45) is 5.73 Å². The summed E-state index contributed by atoms with van der Waals surface area (Å²) >= 11 is 0. The average molecular weight is 178 g/mol. The fourth-order valence-electron chi connectivity index (χ4n) is 1.17. The summed E-state index contributed by atoms with van der Waals surface area (Å²) in [6.45, 7) is 1.80. The largest absolute Gasteiger partial charge is 0.328 e. The molecule has 1 aromatic carbocycles. The number of nitriles is 1. The number of benzene rings is 1. The molecule has 0 spiro atoms. The topological polar surface area (TPSA) is 49.8 Å². The fourth-order valence-corrected chi connectivity index (χ4v) is 1.17. The lowest BCUT2D eigenvalue weighted by Crippen LogP contribution is -2.18. The molecule has 0 heterocycles. The van der Waals surface area contributed by atoms with E-state index in [9.17, 15) is 4.39 Å². The second kappa shape index (κ2) is 4.01. The molecule has 3 heteroatoms. The van der Waals surface area contributed by atoms with E-state index in [4.69, 9.17) is 11.0 Å². The number of hydrogen-bond donors (Lipinski definition) is 1. The van der Waals surface area contributed by atoms with E-state index in [1.54, 1.807) is 25.1 Å². The van der Waals surface area contributed by atoms with Crippen LogP contribution in [0.25, 0.3) is 0 Å². The van der Waals surface area contributed by atoms with Gasteiger partial charge in [0.25, 0.3) is 0 Å². The molecular weight excluding hydrogens is 167 g/mol. The van der Waals surface area contributed by atoms with Gasteiger partial charge in [-0.25, -0.2) is 4.39 Å². The molecule has 2 nitrogen and oxygen atoms in total. The van der Waals surface area contributed by atoms with Crippen LogP contribution in [0.1, 0.15) is 18.1 Å². The Labute approximate surface area is 76.8 Å². The summed E-state index contributed by atoms with van der Waals surface area (Å²) in [5, 5.41) is 8.56. The first-order valence-electron chi connectivity index (χ1n) is 4.08. The van der Waals surface area contributed by atoms with Gasteiger partial charge >= 0.3 is 0 Å². The van der Waals surface area contributed by atoms with E-state index in [1.165, 1.54) is 6.07 Å². The molecule has 0 bridgehead atoms. The van der Waals surface area contributed by atoms with Gasteiger partial charge in [0.2, 0.25) is 0 Å². The molecule has 0 amide bonds. The third-order valence-corrected chi connectivity index (χ3v) is 1.74. The third-order valence-electron chi connectivity index (χ3n) is 1.74. The molecule has 1 aromatic rings. The highest BCUT2D eigenvalue weighted by molar-refractivity contribution is 5.35. The molecule has 0 saturated carbocycles. The van der Waals surface area contributed by atoms with E-state index in [2.05, 4.69) is 0 Å². The molecule has 0 radical (unpaired) electrons. The van der Waals surface area contributed by atoms with E-state index in [1.807, 2.05) is 0 Å². The second-order valence-corrected chi connectivity index (χ2v) is 3.07. The Morgan fingerprint density at radius 2 is 2.31 bits per heavy atom. The molecule has 0 aromatic heterocycles. The molecule has 68 valence electrons. The lowest BCUT2D eigenvalue weighted by molar-refractivity contribution is 0.593. The Morgan fingerprint density at radius 1 is 1.62 bits per heavy atom. The van der Waals surface area contributed by atoms with Crippen LogP contribution in [0.5, 0.6) is 0 Å². The minimum atomic E-state index is -0.442. The first kappa shape index (κ1) is 9.69. The summed E-state index contributed by atoms with van der Waals surface area (Å²) < 4.78 is 13.4. The smallest absolute Gasteiger partial charge is 0.144 e. The number of nitrogens with two attached hydrogens (primary N) is 1. The van der Waals surface area contributed by atoms with Crippen LogP contribution in [0.2, 0.25) is 0 Å². The molecule has 0 fully saturated rings. The monoisotopic (exact) mass is 178 g/mol. The van der Waals surface area contributed by atoms with Crippen molar-refractivity contribution in [1.29, 1.82) is 5.26 Å². The second-order valence-electron chi connectivity index (χ2n) is 3.07. The predicted octanol–water partition coefficient (Wildman–Crippen LogP) is 1.59. The number of nitrogens with zero attached hydrogens (tertiary/aromatic N) is 1. The molecule has 0 aliphatic heterocycles. The molecular formula is C10H11FN2. The summed E-state index contributed by atoms with van der Waals surface area (Å²) in [5.74, 6) is -0.442. The highest BCUT2D eigenvalue weighted by Crippen LogP contribution is 2.13. The zero-order chi connectivity index (χ0) is 9.84. The third kappa shape index (κ3) is 2.27. The van der Waals surface area contributed by atoms with Crippen molar-refractivity contribution in [2.75, 3.05) is 0 Å². The Hall–Kier alpha value is -1.40. The zero-order valence-electron chi connectivity index (χ0n) is 7.42. The zero-order valence-corrected chi connectivity index (χ0v) is 7.42. The number of rotatable bonds is 2. The molecule has 0 aliphatic carbocycles. The SMILES string of the molecule is C[C@H](N)Cc1cccc(C#N)c1F. The van der Waals surface area contributed by atoms with Gasteiger partial charge in [0.05, 0.1) is 5.56 Å². The molecule has 0 saturated heterocycles. The minimum Gasteiger partial charge on any atom is -0.328 e. The predicted molar refractivity (Wildman–Crippen MR) is 48.5 cm³/mol. The standard InChI is InChI=1S/C10H11FN2/c1-7(13)5-8-3-2-4-9(6-12)10(8)11/h2-4,7H,5,13H2,1H3/t7-/m0/s1. The summed E-state index contributed by atoms with van der Waals surface area (Å²) in [5.41, 5.74) is 6.13. The van der Waals surface area contributed by atoms with Crippen LogP contribution in [-0.4, -0.2) is 6.04 Å². The maximum atomic E-state index is 13.4. The van der Waals surface area contributed by atoms with Crippen LogP contribution in [-0.2, 0) is 6.42 Å². The van der Waals surface area contributed by atoms with Gasteiger partial charge in [-0.3, -0.25) is 0 Å². The fraction of sp³-hybridized carbons (Fsp3) is 0.300. The van der Waals surface area contributed by atoms with E-state index in [0.717, 1.165) is 0 Å². The Bertz CT molecular complexity index is 339. The van der Waals surface area contributed by atoms with Gasteiger partial charge in [0, 0.05) is 6.04 Å². The van der Waals surface area contributed by atoms with E-state index < -0.39 is 5.82 Å². The molecule has 13 heavy (non-hydrogen) atoms. The van der Waals surface area contributed by atoms with Crippen LogP contribution in [0.4, 0.5) is 4.39 Å². The molecule has 2 N–H and O–H groups in total. The molecule has 0 unspecified atom stereocenters. The highest BCUT2D eigenvalue weighted by Gasteiger charge is 2.08. The summed E-state index contributed by atoms with van der Waals surface area (Å²) in [6, 6.07) is 6.48. The van der Waals surface area contributed by atoms with Crippen LogP contribution >= 0.6 is 0 Å². The van der Waals surface area contributed by atoms with Crippen LogP contribution in [0, 0.1) is 17.1 Å². The van der Waals surface area contributed by atoms with Gasteiger partial charge in [-0.15, -0.1) is 0 Å².